The monoisotopic (exact) mass is 916 g/mol. The summed E-state index contributed by atoms with van der Waals surface area (Å²) in [5.74, 6) is -7.75. The quantitative estimate of drug-likeness (QED) is 0.133. The van der Waals surface area contributed by atoms with Gasteiger partial charge in [0, 0.05) is 77.1 Å². The van der Waals surface area contributed by atoms with E-state index in [-0.39, 0.29) is 68.0 Å². The molecule has 2 aliphatic rings. The number of hydrogen-bond acceptors (Lipinski definition) is 12. The molecule has 1 saturated carbocycles. The highest BCUT2D eigenvalue weighted by Gasteiger charge is 2.44. The summed E-state index contributed by atoms with van der Waals surface area (Å²) >= 11 is 0. The second-order valence-electron chi connectivity index (χ2n) is 19.2. The molecule has 1 saturated heterocycles. The van der Waals surface area contributed by atoms with Gasteiger partial charge in [-0.3, -0.25) is 43.3 Å². The Morgan fingerprint density at radius 3 is 2.15 bits per heavy atom. The third kappa shape index (κ3) is 15.4. The van der Waals surface area contributed by atoms with Gasteiger partial charge in [0.1, 0.15) is 23.1 Å². The van der Waals surface area contributed by atoms with Crippen molar-refractivity contribution in [2.45, 2.75) is 136 Å². The number of nitrogens with one attached hydrogen (secondary N) is 3. The van der Waals surface area contributed by atoms with E-state index in [0.717, 1.165) is 32.1 Å². The molecule has 1 aromatic carbocycles. The van der Waals surface area contributed by atoms with Crippen molar-refractivity contribution in [2.75, 3.05) is 27.2 Å². The minimum absolute atomic E-state index is 0.0671. The molecule has 17 nitrogen and oxygen atoms in total. The molecule has 17 heteroatoms. The maximum Gasteiger partial charge on any atom is 0.410 e. The van der Waals surface area contributed by atoms with Crippen LogP contribution in [0.1, 0.15) is 134 Å². The molecule has 1 aromatic heterocycles. The first-order chi connectivity index (χ1) is 31.2. The number of rotatable bonds is 22. The number of amides is 5. The third-order valence-corrected chi connectivity index (χ3v) is 12.3. The number of ether oxygens (including phenoxy) is 1. The largest absolute Gasteiger partial charge is 0.444 e. The fraction of sp³-hybridized carbons (Fsp3) is 0.612. The number of benzene rings is 1. The number of Topliss-reactive ketones (excluding diaryl/α,β-unsaturated/α-hetero) is 4. The fourth-order valence-electron chi connectivity index (χ4n) is 8.65. The summed E-state index contributed by atoms with van der Waals surface area (Å²) in [5, 5.41) is 8.53. The van der Waals surface area contributed by atoms with Crippen molar-refractivity contribution in [1.82, 2.24) is 35.7 Å². The minimum Gasteiger partial charge on any atom is -0.444 e. The van der Waals surface area contributed by atoms with Crippen molar-refractivity contribution in [3.8, 4) is 0 Å². The van der Waals surface area contributed by atoms with Gasteiger partial charge < -0.3 is 30.5 Å². The Balaban J connectivity index is 1.49. The lowest BCUT2D eigenvalue weighted by atomic mass is 9.79. The summed E-state index contributed by atoms with van der Waals surface area (Å²) in [5.41, 5.74) is -0.242. The van der Waals surface area contributed by atoms with Gasteiger partial charge in [0.25, 0.3) is 5.91 Å². The van der Waals surface area contributed by atoms with Crippen LogP contribution in [0.3, 0.4) is 0 Å². The Morgan fingerprint density at radius 1 is 0.879 bits per heavy atom. The van der Waals surface area contributed by atoms with Crippen molar-refractivity contribution in [1.29, 1.82) is 0 Å². The van der Waals surface area contributed by atoms with Crippen molar-refractivity contribution in [2.24, 2.45) is 29.6 Å². The van der Waals surface area contributed by atoms with Crippen LogP contribution in [0.4, 0.5) is 4.79 Å². The van der Waals surface area contributed by atoms with Crippen molar-refractivity contribution < 1.29 is 47.9 Å². The highest BCUT2D eigenvalue weighted by Crippen LogP contribution is 2.31. The predicted octanol–water partition coefficient (Wildman–Crippen LogP) is 4.98. The SMILES string of the molecule is CCC[C@H](CC(=O)[C@@H]1CN(C(=O)OC(C)(C)C)C[C@@H]1NC(=O)C(CC(=O)[C@@H](NC(=O)c1cnccn1)C1CCCCC1)C(C)C)C(=O)C(=O)CCC(=O)N[C@H](C(=O)N(C)C)c1ccccc1. The van der Waals surface area contributed by atoms with E-state index in [1.54, 1.807) is 65.2 Å². The zero-order chi connectivity index (χ0) is 48.7. The number of ketones is 4. The molecular weight excluding hydrogens is 847 g/mol. The summed E-state index contributed by atoms with van der Waals surface area (Å²) in [4.78, 5) is 133. The summed E-state index contributed by atoms with van der Waals surface area (Å²) in [6, 6.07) is 5.87. The number of nitrogens with zero attached hydrogens (tertiary/aromatic N) is 4. The van der Waals surface area contributed by atoms with Gasteiger partial charge in [0.2, 0.25) is 23.5 Å². The Kier molecular flexibility index (Phi) is 19.7. The maximum absolute atomic E-state index is 14.3. The summed E-state index contributed by atoms with van der Waals surface area (Å²) in [7, 11) is 3.12. The van der Waals surface area contributed by atoms with E-state index in [1.165, 1.54) is 28.4 Å². The smallest absolute Gasteiger partial charge is 0.410 e. The van der Waals surface area contributed by atoms with Gasteiger partial charge in [-0.25, -0.2) is 9.78 Å². The van der Waals surface area contributed by atoms with Gasteiger partial charge in [0.15, 0.2) is 11.6 Å². The van der Waals surface area contributed by atoms with Crippen LogP contribution in [0.5, 0.6) is 0 Å². The van der Waals surface area contributed by atoms with Crippen molar-refractivity contribution >= 4 is 52.9 Å². The standard InChI is InChI=1S/C49H69N7O10/c1-9-16-33(44(61)38(57)21-22-41(60)53-43(47(64)55(7)8)32-19-14-11-15-20-32)25-39(58)35-28-56(48(65)66-49(4,5)6)29-37(35)52-45(62)34(30(2)3)26-40(59)42(31-17-12-10-13-18-31)54-46(63)36-27-50-23-24-51-36/h11,14-15,19-20,23-24,27,30-31,33-35,37,42-43H,9-10,12-13,16-18,21-22,25-26,28-29H2,1-8H3,(H,52,62)(H,53,60)(H,54,63)/t33-,34?,35-,37+,42+,43+/m1/s1. The second-order valence-corrected chi connectivity index (χ2v) is 19.2. The molecule has 5 amide bonds. The summed E-state index contributed by atoms with van der Waals surface area (Å²) in [6.45, 7) is 10.3. The topological polar surface area (TPSA) is 231 Å². The van der Waals surface area contributed by atoms with E-state index in [0.29, 0.717) is 12.0 Å². The van der Waals surface area contributed by atoms with Crippen molar-refractivity contribution in [3.05, 3.63) is 60.2 Å². The molecule has 2 heterocycles. The van der Waals surface area contributed by atoms with Crippen LogP contribution < -0.4 is 16.0 Å². The molecule has 3 N–H and O–H groups in total. The molecule has 66 heavy (non-hydrogen) atoms. The highest BCUT2D eigenvalue weighted by atomic mass is 16.6. The third-order valence-electron chi connectivity index (χ3n) is 12.3. The molecule has 6 atom stereocenters. The lowest BCUT2D eigenvalue weighted by Crippen LogP contribution is -2.50. The molecule has 1 unspecified atom stereocenters. The highest BCUT2D eigenvalue weighted by molar-refractivity contribution is 6.38. The number of hydrogen-bond donors (Lipinski definition) is 3. The second kappa shape index (κ2) is 24.6. The van der Waals surface area contributed by atoms with Crippen LogP contribution in [0.15, 0.2) is 48.9 Å². The number of carbonyl (C=O) groups is 9. The molecule has 1 aliphatic heterocycles. The van der Waals surface area contributed by atoms with E-state index >= 15 is 0 Å². The lowest BCUT2D eigenvalue weighted by molar-refractivity contribution is -0.141. The van der Waals surface area contributed by atoms with Crippen LogP contribution in [0.2, 0.25) is 0 Å². The first-order valence-electron chi connectivity index (χ1n) is 23.2. The molecule has 1 aliphatic carbocycles. The zero-order valence-corrected chi connectivity index (χ0v) is 39.8. The molecule has 2 aromatic rings. The van der Waals surface area contributed by atoms with E-state index in [9.17, 15) is 43.2 Å². The van der Waals surface area contributed by atoms with Gasteiger partial charge in [0.05, 0.1) is 24.2 Å². The Hall–Kier alpha value is -5.87. The first-order valence-corrected chi connectivity index (χ1v) is 23.2. The van der Waals surface area contributed by atoms with Crippen LogP contribution in [0.25, 0.3) is 0 Å². The summed E-state index contributed by atoms with van der Waals surface area (Å²) in [6.07, 6.45) is 7.07. The van der Waals surface area contributed by atoms with Gasteiger partial charge in [-0.1, -0.05) is 76.8 Å². The first kappa shape index (κ1) is 52.8. The molecule has 4 rings (SSSR count). The Labute approximate surface area is 388 Å². The minimum atomic E-state index is -1.02. The predicted molar refractivity (Wildman–Crippen MR) is 244 cm³/mol. The maximum atomic E-state index is 14.3. The number of likely N-dealkylation sites (tertiary alicyclic amines) is 1. The normalized spacial score (nSPS) is 18.3. The van der Waals surface area contributed by atoms with Crippen molar-refractivity contribution in [3.63, 3.8) is 0 Å². The van der Waals surface area contributed by atoms with Gasteiger partial charge in [-0.15, -0.1) is 0 Å². The summed E-state index contributed by atoms with van der Waals surface area (Å²) < 4.78 is 5.62. The van der Waals surface area contributed by atoms with Gasteiger partial charge >= 0.3 is 6.09 Å². The van der Waals surface area contributed by atoms with E-state index < -0.39 is 89.1 Å². The Bertz CT molecular complexity index is 2030. The molecule has 0 bridgehead atoms. The molecule has 2 fully saturated rings. The molecular formula is C49H69N7O10. The zero-order valence-electron chi connectivity index (χ0n) is 39.8. The van der Waals surface area contributed by atoms with Crippen LogP contribution in [0, 0.1) is 29.6 Å². The lowest BCUT2D eigenvalue weighted by Gasteiger charge is -2.31. The van der Waals surface area contributed by atoms with E-state index in [2.05, 4.69) is 25.9 Å². The van der Waals surface area contributed by atoms with Gasteiger partial charge in [-0.05, 0) is 57.4 Å². The van der Waals surface area contributed by atoms with Crippen LogP contribution >= 0.6 is 0 Å². The molecule has 360 valence electrons. The fourth-order valence-corrected chi connectivity index (χ4v) is 8.65. The Morgan fingerprint density at radius 2 is 1.56 bits per heavy atom. The number of aromatic nitrogens is 2. The number of carbonyl (C=O) groups excluding carboxylic acids is 9. The molecule has 0 radical (unpaired) electrons. The van der Waals surface area contributed by atoms with E-state index in [1.807, 2.05) is 20.8 Å². The van der Waals surface area contributed by atoms with Gasteiger partial charge in [-0.2, -0.15) is 0 Å². The average Bonchev–Trinajstić information content (AvgIpc) is 3.71. The van der Waals surface area contributed by atoms with Crippen LogP contribution in [-0.2, 0) is 38.3 Å². The molecule has 0 spiro atoms. The average molecular weight is 916 g/mol. The number of likely N-dealkylation sites (N-methyl/N-ethyl adjacent to an activating group) is 1. The van der Waals surface area contributed by atoms with Crippen LogP contribution in [-0.4, -0.2) is 117 Å². The van der Waals surface area contributed by atoms with E-state index in [4.69, 9.17) is 4.74 Å².